The van der Waals surface area contributed by atoms with Gasteiger partial charge in [0.15, 0.2) is 6.10 Å². The van der Waals surface area contributed by atoms with Gasteiger partial charge in [0.2, 0.25) is 0 Å². The Hall–Kier alpha value is -3.93. The van der Waals surface area contributed by atoms with Crippen LogP contribution in [-0.4, -0.2) is 37.2 Å². The highest BCUT2D eigenvalue weighted by Crippen LogP contribution is 2.16. The molecule has 6 nitrogen and oxygen atoms in total. The lowest BCUT2D eigenvalue weighted by Crippen LogP contribution is -2.30. The van der Waals surface area contributed by atoms with E-state index in [0.717, 1.165) is 122 Å². The Morgan fingerprint density at radius 3 is 0.792 bits per heavy atom. The van der Waals surface area contributed by atoms with Gasteiger partial charge >= 0.3 is 17.9 Å². The van der Waals surface area contributed by atoms with Gasteiger partial charge in [0.25, 0.3) is 0 Å². The van der Waals surface area contributed by atoms with E-state index in [1.165, 1.54) is 141 Å². The lowest BCUT2D eigenvalue weighted by atomic mass is 10.0. The first-order valence-electron chi connectivity index (χ1n) is 32.4. The normalized spacial score (nSPS) is 12.8. The van der Waals surface area contributed by atoms with Crippen molar-refractivity contribution in [2.24, 2.45) is 0 Å². The summed E-state index contributed by atoms with van der Waals surface area (Å²) in [5.41, 5.74) is 0. The van der Waals surface area contributed by atoms with Crippen LogP contribution in [0.3, 0.4) is 0 Å². The van der Waals surface area contributed by atoms with E-state index in [1.807, 2.05) is 0 Å². The fourth-order valence-corrected chi connectivity index (χ4v) is 8.92. The molecule has 0 aliphatic heterocycles. The minimum Gasteiger partial charge on any atom is -0.462 e. The Kier molecular flexibility index (Phi) is 61.3. The second-order valence-electron chi connectivity index (χ2n) is 21.3. The molecule has 0 N–H and O–H groups in total. The van der Waals surface area contributed by atoms with E-state index in [2.05, 4.69) is 130 Å². The van der Waals surface area contributed by atoms with Crippen LogP contribution >= 0.6 is 0 Å². The Morgan fingerprint density at radius 1 is 0.273 bits per heavy atom. The summed E-state index contributed by atoms with van der Waals surface area (Å²) < 4.78 is 16.8. The second-order valence-corrected chi connectivity index (χ2v) is 21.3. The lowest BCUT2D eigenvalue weighted by molar-refractivity contribution is -0.167. The van der Waals surface area contributed by atoms with Crippen LogP contribution in [-0.2, 0) is 28.6 Å². The highest BCUT2D eigenvalue weighted by molar-refractivity contribution is 5.71. The number of esters is 3. The van der Waals surface area contributed by atoms with Gasteiger partial charge in [0.1, 0.15) is 13.2 Å². The minimum absolute atomic E-state index is 0.0818. The monoisotopic (exact) mass is 1070 g/mol. The SMILES string of the molecule is CC/C=C\C/C=C\C/C=C\C/C=C\C/C=C\C/C=C\CCCCCCCCCCC(=O)OCC(COC(=O)CCCCCCC)OC(=O)CCCCCCCCCCCCCC/C=C\C/C=C\C/C=C\CCCCCCC. The highest BCUT2D eigenvalue weighted by Gasteiger charge is 2.19. The first-order valence-corrected chi connectivity index (χ1v) is 32.4. The molecular weight excluding hydrogens is 949 g/mol. The van der Waals surface area contributed by atoms with Crippen LogP contribution in [0.15, 0.2) is 109 Å². The van der Waals surface area contributed by atoms with E-state index in [-0.39, 0.29) is 31.1 Å². The van der Waals surface area contributed by atoms with Crippen LogP contribution < -0.4 is 0 Å². The summed E-state index contributed by atoms with van der Waals surface area (Å²) >= 11 is 0. The molecule has 1 atom stereocenters. The van der Waals surface area contributed by atoms with Gasteiger partial charge in [0.05, 0.1) is 0 Å². The number of allylic oxidation sites excluding steroid dienone is 18. The molecule has 0 spiro atoms. The number of ether oxygens (including phenoxy) is 3. The van der Waals surface area contributed by atoms with Gasteiger partial charge in [-0.05, 0) is 109 Å². The van der Waals surface area contributed by atoms with Crippen molar-refractivity contribution in [1.82, 2.24) is 0 Å². The fourth-order valence-electron chi connectivity index (χ4n) is 8.92. The van der Waals surface area contributed by atoms with Crippen molar-refractivity contribution < 1.29 is 28.6 Å². The quantitative estimate of drug-likeness (QED) is 0.0261. The summed E-state index contributed by atoms with van der Waals surface area (Å²) in [5.74, 6) is -0.900. The maximum absolute atomic E-state index is 12.8. The predicted octanol–water partition coefficient (Wildman–Crippen LogP) is 22.2. The zero-order chi connectivity index (χ0) is 55.7. The van der Waals surface area contributed by atoms with Crippen LogP contribution in [0.4, 0.5) is 0 Å². The molecule has 0 saturated carbocycles. The third-order valence-electron chi connectivity index (χ3n) is 13.8. The van der Waals surface area contributed by atoms with Crippen molar-refractivity contribution >= 4 is 17.9 Å². The standard InChI is InChI=1S/C71H120O6/c1-4-7-10-13-15-17-19-21-23-25-27-29-31-33-35-37-39-41-43-45-47-49-51-53-55-58-61-64-70(73)76-67-68(66-75-69(72)63-60-57-12-9-6-3)77-71(74)65-62-59-56-54-52-50-48-46-44-42-40-38-36-34-32-30-28-26-24-22-20-18-16-14-11-8-5-2/h7,10,15,17,20-23,26-29,32-35,39,41,68H,4-6,8-9,11-14,16,18-19,24-25,30-31,36-38,40,42-67H2,1-3H3/b10-7-,17-15-,22-20-,23-21-,28-26-,29-27-,34-32-,35-33-,41-39-. The summed E-state index contributed by atoms with van der Waals surface area (Å²) in [6.07, 6.45) is 88.6. The largest absolute Gasteiger partial charge is 0.462 e. The minimum atomic E-state index is -0.781. The van der Waals surface area contributed by atoms with Gasteiger partial charge < -0.3 is 14.2 Å². The van der Waals surface area contributed by atoms with Crippen molar-refractivity contribution in [1.29, 1.82) is 0 Å². The number of hydrogen-bond acceptors (Lipinski definition) is 6. The molecule has 440 valence electrons. The van der Waals surface area contributed by atoms with Crippen molar-refractivity contribution in [2.45, 2.75) is 309 Å². The molecule has 77 heavy (non-hydrogen) atoms. The Morgan fingerprint density at radius 2 is 0.506 bits per heavy atom. The summed E-state index contributed by atoms with van der Waals surface area (Å²) in [6, 6.07) is 0. The van der Waals surface area contributed by atoms with Crippen LogP contribution in [0.25, 0.3) is 0 Å². The van der Waals surface area contributed by atoms with E-state index < -0.39 is 6.10 Å². The van der Waals surface area contributed by atoms with Gasteiger partial charge in [-0.15, -0.1) is 0 Å². The third kappa shape index (κ3) is 62.8. The number of hydrogen-bond donors (Lipinski definition) is 0. The average molecular weight is 1070 g/mol. The molecule has 0 bridgehead atoms. The number of carbonyl (C=O) groups excluding carboxylic acids is 3. The van der Waals surface area contributed by atoms with Gasteiger partial charge in [-0.2, -0.15) is 0 Å². The molecular formula is C71H120O6. The fraction of sp³-hybridized carbons (Fsp3) is 0.704. The first kappa shape index (κ1) is 73.1. The lowest BCUT2D eigenvalue weighted by Gasteiger charge is -2.18. The summed E-state index contributed by atoms with van der Waals surface area (Å²) in [7, 11) is 0. The third-order valence-corrected chi connectivity index (χ3v) is 13.8. The molecule has 0 saturated heterocycles. The van der Waals surface area contributed by atoms with Gasteiger partial charge in [-0.1, -0.05) is 284 Å². The summed E-state index contributed by atoms with van der Waals surface area (Å²) in [5, 5.41) is 0. The first-order chi connectivity index (χ1) is 38.0. The number of unbranched alkanes of at least 4 members (excludes halogenated alkanes) is 29. The van der Waals surface area contributed by atoms with Crippen LogP contribution in [0.1, 0.15) is 303 Å². The molecule has 6 heteroatoms. The van der Waals surface area contributed by atoms with Crippen molar-refractivity contribution in [3.05, 3.63) is 109 Å². The molecule has 0 fully saturated rings. The molecule has 0 aromatic carbocycles. The molecule has 0 radical (unpaired) electrons. The number of rotatable bonds is 58. The summed E-state index contributed by atoms with van der Waals surface area (Å²) in [6.45, 7) is 6.44. The molecule has 0 heterocycles. The van der Waals surface area contributed by atoms with E-state index in [0.29, 0.717) is 19.3 Å². The van der Waals surface area contributed by atoms with Crippen LogP contribution in [0.5, 0.6) is 0 Å². The van der Waals surface area contributed by atoms with Crippen molar-refractivity contribution in [3.63, 3.8) is 0 Å². The van der Waals surface area contributed by atoms with Gasteiger partial charge in [0, 0.05) is 19.3 Å². The zero-order valence-electron chi connectivity index (χ0n) is 50.4. The molecule has 0 aliphatic rings. The van der Waals surface area contributed by atoms with Crippen LogP contribution in [0, 0.1) is 0 Å². The average Bonchev–Trinajstić information content (AvgIpc) is 3.43. The van der Waals surface area contributed by atoms with Crippen LogP contribution in [0.2, 0.25) is 0 Å². The predicted molar refractivity (Wildman–Crippen MR) is 334 cm³/mol. The Balaban J connectivity index is 4.08. The maximum Gasteiger partial charge on any atom is 0.306 e. The van der Waals surface area contributed by atoms with Gasteiger partial charge in [-0.3, -0.25) is 14.4 Å². The Bertz CT molecular complexity index is 1560. The zero-order valence-corrected chi connectivity index (χ0v) is 50.4. The smallest absolute Gasteiger partial charge is 0.306 e. The van der Waals surface area contributed by atoms with Crippen molar-refractivity contribution in [2.75, 3.05) is 13.2 Å². The van der Waals surface area contributed by atoms with E-state index in [4.69, 9.17) is 14.2 Å². The van der Waals surface area contributed by atoms with Crippen molar-refractivity contribution in [3.8, 4) is 0 Å². The molecule has 0 aromatic heterocycles. The maximum atomic E-state index is 12.8. The molecule has 0 aliphatic carbocycles. The van der Waals surface area contributed by atoms with E-state index in [1.54, 1.807) is 0 Å². The number of carbonyl (C=O) groups is 3. The van der Waals surface area contributed by atoms with E-state index >= 15 is 0 Å². The Labute approximate surface area is 476 Å². The molecule has 1 unspecified atom stereocenters. The molecule has 0 amide bonds. The second kappa shape index (κ2) is 64.6. The van der Waals surface area contributed by atoms with Gasteiger partial charge in [-0.25, -0.2) is 0 Å². The van der Waals surface area contributed by atoms with E-state index in [9.17, 15) is 14.4 Å². The molecule has 0 rings (SSSR count). The molecule has 0 aromatic rings. The topological polar surface area (TPSA) is 78.9 Å². The summed E-state index contributed by atoms with van der Waals surface area (Å²) in [4.78, 5) is 38.0. The highest BCUT2D eigenvalue weighted by atomic mass is 16.6.